The Kier molecular flexibility index (Phi) is 9.19. The first-order chi connectivity index (χ1) is 34.9. The quantitative estimate of drug-likeness (QED) is 0.140. The Balaban J connectivity index is 0.965. The van der Waals surface area contributed by atoms with E-state index in [1.54, 1.807) is 0 Å². The van der Waals surface area contributed by atoms with Crippen LogP contribution in [-0.4, -0.2) is 0 Å². The van der Waals surface area contributed by atoms with Gasteiger partial charge in [-0.1, -0.05) is 224 Å². The maximum absolute atomic E-state index is 9.71. The van der Waals surface area contributed by atoms with E-state index in [1.165, 1.54) is 10.8 Å². The highest BCUT2D eigenvalue weighted by Gasteiger charge is 2.17. The number of hydrogen-bond acceptors (Lipinski definition) is 1. The molecule has 1 heteroatoms. The van der Waals surface area contributed by atoms with Gasteiger partial charge in [-0.05, 0) is 148 Å². The molecule has 0 saturated carbocycles. The molecule has 0 amide bonds. The van der Waals surface area contributed by atoms with Gasteiger partial charge in [0, 0.05) is 17.1 Å². The van der Waals surface area contributed by atoms with Crippen molar-refractivity contribution in [2.75, 3.05) is 4.90 Å². The minimum Gasteiger partial charge on any atom is -0.311 e. The molecule has 12 aromatic carbocycles. The van der Waals surface area contributed by atoms with E-state index in [2.05, 4.69) is 182 Å². The van der Waals surface area contributed by atoms with Crippen LogP contribution in [0.3, 0.4) is 0 Å². The molecule has 0 fully saturated rings. The summed E-state index contributed by atoms with van der Waals surface area (Å²) in [5.41, 5.74) is 13.3. The number of hydrogen-bond donors (Lipinski definition) is 0. The van der Waals surface area contributed by atoms with Crippen molar-refractivity contribution in [2.24, 2.45) is 0 Å². The Labute approximate surface area is 397 Å². The van der Waals surface area contributed by atoms with Gasteiger partial charge in [-0.3, -0.25) is 0 Å². The number of nitrogens with zero attached hydrogens (tertiary/aromatic N) is 1. The zero-order chi connectivity index (χ0) is 48.0. The highest BCUT2D eigenvalue weighted by molar-refractivity contribution is 6.04. The highest BCUT2D eigenvalue weighted by Crippen LogP contribution is 2.42. The van der Waals surface area contributed by atoms with E-state index in [1.807, 2.05) is 71.6 Å². The number of benzene rings is 12. The van der Waals surface area contributed by atoms with E-state index in [4.69, 9.17) is 0 Å². The van der Waals surface area contributed by atoms with Gasteiger partial charge in [-0.2, -0.15) is 0 Å². The van der Waals surface area contributed by atoms with Gasteiger partial charge in [0.1, 0.15) is 0 Å². The molecule has 0 N–H and O–H groups in total. The van der Waals surface area contributed by atoms with Crippen molar-refractivity contribution < 1.29 is 5.48 Å². The average molecular weight is 856 g/mol. The lowest BCUT2D eigenvalue weighted by Crippen LogP contribution is -2.09. The zero-order valence-electron chi connectivity index (χ0n) is 40.6. The van der Waals surface area contributed by atoms with Crippen molar-refractivity contribution in [2.45, 2.75) is 0 Å². The lowest BCUT2D eigenvalue weighted by atomic mass is 9.89. The first-order valence-corrected chi connectivity index (χ1v) is 22.7. The molecule has 12 aromatic rings. The van der Waals surface area contributed by atoms with Crippen molar-refractivity contribution in [1.82, 2.24) is 0 Å². The average Bonchev–Trinajstić information content (AvgIpc) is 3.44. The second-order valence-corrected chi connectivity index (χ2v) is 17.0. The molecule has 0 atom stereocenters. The minimum atomic E-state index is -0.129. The Morgan fingerprint density at radius 3 is 1.43 bits per heavy atom. The summed E-state index contributed by atoms with van der Waals surface area (Å²) in [6, 6.07) is 85.1. The van der Waals surface area contributed by atoms with E-state index in [0.29, 0.717) is 16.9 Å². The number of rotatable bonds is 9. The van der Waals surface area contributed by atoms with Crippen LogP contribution in [0.1, 0.15) is 5.48 Å². The molecule has 0 aliphatic carbocycles. The molecule has 0 unspecified atom stereocenters. The first-order valence-electron chi connectivity index (χ1n) is 24.7. The predicted molar refractivity (Wildman–Crippen MR) is 286 cm³/mol. The van der Waals surface area contributed by atoms with Gasteiger partial charge in [0.15, 0.2) is 0 Å². The van der Waals surface area contributed by atoms with Gasteiger partial charge in [0.2, 0.25) is 0 Å². The van der Waals surface area contributed by atoms with E-state index in [9.17, 15) is 5.48 Å². The fourth-order valence-electron chi connectivity index (χ4n) is 9.53. The second kappa shape index (κ2) is 17.3. The Hall–Kier alpha value is -8.78. The standard InChI is InChI=1S/C66H45N/c1-2-13-51(14-3-1)65-43-36-52-16-7-9-22-64(52)66(65)54-34-41-61(42-35-54)67(59-37-30-48(31-38-59)47-24-27-53(28-25-47)63-23-11-18-50-15-6-8-21-62(50)63)60-39-32-49(33-40-60)56-19-10-20-57(44-56)58-29-26-46-12-4-5-17-55(46)45-58/h1-45H/i30D,31D,37D,38D. The molecule has 0 aromatic heterocycles. The summed E-state index contributed by atoms with van der Waals surface area (Å²) < 4.78 is 38.5. The van der Waals surface area contributed by atoms with Crippen LogP contribution in [0.4, 0.5) is 17.1 Å². The van der Waals surface area contributed by atoms with Crippen LogP contribution in [-0.2, 0) is 0 Å². The predicted octanol–water partition coefficient (Wildman–Crippen LogP) is 18.6. The van der Waals surface area contributed by atoms with Crippen LogP contribution in [0.25, 0.3) is 99.1 Å². The van der Waals surface area contributed by atoms with Crippen LogP contribution in [0.5, 0.6) is 0 Å². The summed E-state index contributed by atoms with van der Waals surface area (Å²) in [6.45, 7) is 0. The third-order valence-electron chi connectivity index (χ3n) is 12.9. The van der Waals surface area contributed by atoms with Gasteiger partial charge >= 0.3 is 0 Å². The summed E-state index contributed by atoms with van der Waals surface area (Å²) in [7, 11) is 0. The molecule has 0 aliphatic rings. The third-order valence-corrected chi connectivity index (χ3v) is 12.9. The van der Waals surface area contributed by atoms with Crippen LogP contribution in [0, 0.1) is 0 Å². The molecule has 0 heterocycles. The van der Waals surface area contributed by atoms with E-state index in [-0.39, 0.29) is 35.4 Å². The summed E-state index contributed by atoms with van der Waals surface area (Å²) in [5.74, 6) is 0. The molecule has 0 bridgehead atoms. The summed E-state index contributed by atoms with van der Waals surface area (Å²) in [4.78, 5) is 1.87. The summed E-state index contributed by atoms with van der Waals surface area (Å²) >= 11 is 0. The van der Waals surface area contributed by atoms with Crippen molar-refractivity contribution >= 4 is 49.4 Å². The van der Waals surface area contributed by atoms with Gasteiger partial charge in [0.05, 0.1) is 5.48 Å². The van der Waals surface area contributed by atoms with Gasteiger partial charge < -0.3 is 4.90 Å². The Morgan fingerprint density at radius 1 is 0.239 bits per heavy atom. The molecule has 0 spiro atoms. The van der Waals surface area contributed by atoms with E-state index in [0.717, 1.165) is 77.2 Å². The normalized spacial score (nSPS) is 12.1. The molecule has 1 nitrogen and oxygen atoms in total. The Morgan fingerprint density at radius 2 is 0.701 bits per heavy atom. The van der Waals surface area contributed by atoms with Crippen molar-refractivity contribution in [3.63, 3.8) is 0 Å². The molecule has 0 radical (unpaired) electrons. The zero-order valence-corrected chi connectivity index (χ0v) is 36.6. The fraction of sp³-hybridized carbons (Fsp3) is 0. The monoisotopic (exact) mass is 855 g/mol. The molecule has 314 valence electrons. The number of anilines is 3. The van der Waals surface area contributed by atoms with Gasteiger partial charge in [-0.25, -0.2) is 0 Å². The summed E-state index contributed by atoms with van der Waals surface area (Å²) in [6.07, 6.45) is 0. The van der Waals surface area contributed by atoms with Crippen molar-refractivity contribution in [3.8, 4) is 66.8 Å². The molecule has 12 rings (SSSR count). The maximum Gasteiger partial charge on any atom is 0.0645 e. The van der Waals surface area contributed by atoms with Crippen LogP contribution in [0.15, 0.2) is 273 Å². The smallest absolute Gasteiger partial charge is 0.0645 e. The van der Waals surface area contributed by atoms with Crippen molar-refractivity contribution in [1.29, 1.82) is 0 Å². The van der Waals surface area contributed by atoms with Crippen LogP contribution >= 0.6 is 0 Å². The molecular formula is C66H45N. The highest BCUT2D eigenvalue weighted by atomic mass is 15.1. The summed E-state index contributed by atoms with van der Waals surface area (Å²) in [5, 5.41) is 6.96. The lowest BCUT2D eigenvalue weighted by Gasteiger charge is -2.26. The fourth-order valence-corrected chi connectivity index (χ4v) is 9.53. The van der Waals surface area contributed by atoms with E-state index >= 15 is 0 Å². The topological polar surface area (TPSA) is 3.24 Å². The molecule has 0 aliphatic heterocycles. The lowest BCUT2D eigenvalue weighted by molar-refractivity contribution is 1.28. The molecule has 67 heavy (non-hydrogen) atoms. The molecule has 0 saturated heterocycles. The SMILES string of the molecule is [2H]c1c([2H])c(N(c2ccc(-c3cccc(-c4ccc5ccccc5c4)c3)cc2)c2ccc(-c3c(-c4ccccc4)ccc4ccccc34)cc2)c([2H])c([2H])c1-c1ccc(-c2cccc3ccccc23)cc1. The van der Waals surface area contributed by atoms with Gasteiger partial charge in [-0.15, -0.1) is 0 Å². The van der Waals surface area contributed by atoms with Crippen LogP contribution in [0.2, 0.25) is 0 Å². The third kappa shape index (κ3) is 7.73. The Bertz CT molecular complexity index is 3920. The second-order valence-electron chi connectivity index (χ2n) is 17.0. The van der Waals surface area contributed by atoms with Crippen LogP contribution < -0.4 is 4.90 Å². The largest absolute Gasteiger partial charge is 0.311 e. The minimum absolute atomic E-state index is 0.106. The first kappa shape index (κ1) is 35.6. The maximum atomic E-state index is 9.71. The molecular weight excluding hydrogens is 807 g/mol. The van der Waals surface area contributed by atoms with E-state index < -0.39 is 0 Å². The van der Waals surface area contributed by atoms with Gasteiger partial charge in [0.25, 0.3) is 0 Å². The van der Waals surface area contributed by atoms with Crippen molar-refractivity contribution in [3.05, 3.63) is 273 Å². The number of fused-ring (bicyclic) bond motifs is 3.